The quantitative estimate of drug-likeness (QED) is 0.631. The summed E-state index contributed by atoms with van der Waals surface area (Å²) in [5, 5.41) is 3.95. The van der Waals surface area contributed by atoms with Crippen LogP contribution in [0.2, 0.25) is 0 Å². The minimum Gasteiger partial charge on any atom is -0.356 e. The molecule has 1 N–H and O–H groups in total. The summed E-state index contributed by atoms with van der Waals surface area (Å²) in [7, 11) is 0. The molecule has 0 bridgehead atoms. The molecule has 88 valence electrons. The Hall–Kier alpha value is -0.830. The standard InChI is InChI=1S/C13H18BrNO/c1-11(12-7-3-2-4-8-12)13(16)15-10-6-5-9-14/h2-4,7-8,11H,5-6,9-10H2,1H3,(H,15,16). The van der Waals surface area contributed by atoms with Crippen molar-refractivity contribution in [2.45, 2.75) is 25.7 Å². The minimum absolute atomic E-state index is 0.0647. The molecule has 3 heteroatoms. The lowest BCUT2D eigenvalue weighted by atomic mass is 10.0. The number of rotatable bonds is 6. The Bertz CT molecular complexity index is 313. The van der Waals surface area contributed by atoms with Crippen LogP contribution in [0.25, 0.3) is 0 Å². The van der Waals surface area contributed by atoms with Gasteiger partial charge in [0.1, 0.15) is 0 Å². The van der Waals surface area contributed by atoms with Crippen molar-refractivity contribution < 1.29 is 4.79 Å². The molecule has 0 heterocycles. The minimum atomic E-state index is -0.0647. The van der Waals surface area contributed by atoms with Crippen LogP contribution in [-0.2, 0) is 4.79 Å². The molecule has 1 atom stereocenters. The fraction of sp³-hybridized carbons (Fsp3) is 0.462. The van der Waals surface area contributed by atoms with Gasteiger partial charge in [0.15, 0.2) is 0 Å². The van der Waals surface area contributed by atoms with Crippen molar-refractivity contribution in [3.63, 3.8) is 0 Å². The largest absolute Gasteiger partial charge is 0.356 e. The average Bonchev–Trinajstić information content (AvgIpc) is 2.34. The molecule has 2 nitrogen and oxygen atoms in total. The van der Waals surface area contributed by atoms with Gasteiger partial charge in [-0.2, -0.15) is 0 Å². The summed E-state index contributed by atoms with van der Waals surface area (Å²) in [6, 6.07) is 9.86. The molecule has 1 rings (SSSR count). The zero-order chi connectivity index (χ0) is 11.8. The number of carbonyl (C=O) groups is 1. The van der Waals surface area contributed by atoms with Gasteiger partial charge in [0.2, 0.25) is 5.91 Å². The first kappa shape index (κ1) is 13.2. The van der Waals surface area contributed by atoms with E-state index < -0.39 is 0 Å². The van der Waals surface area contributed by atoms with E-state index >= 15 is 0 Å². The Balaban J connectivity index is 2.37. The van der Waals surface area contributed by atoms with E-state index in [2.05, 4.69) is 21.2 Å². The van der Waals surface area contributed by atoms with E-state index in [0.29, 0.717) is 0 Å². The fourth-order valence-corrected chi connectivity index (χ4v) is 1.87. The highest BCUT2D eigenvalue weighted by atomic mass is 79.9. The van der Waals surface area contributed by atoms with Gasteiger partial charge in [-0.15, -0.1) is 0 Å². The molecule has 1 unspecified atom stereocenters. The molecular weight excluding hydrogens is 266 g/mol. The van der Waals surface area contributed by atoms with Crippen LogP contribution in [0.3, 0.4) is 0 Å². The van der Waals surface area contributed by atoms with E-state index in [4.69, 9.17) is 0 Å². The normalized spacial score (nSPS) is 12.1. The molecule has 0 aliphatic heterocycles. The third-order valence-electron chi connectivity index (χ3n) is 2.55. The van der Waals surface area contributed by atoms with Crippen molar-refractivity contribution in [2.24, 2.45) is 0 Å². The number of carbonyl (C=O) groups excluding carboxylic acids is 1. The number of alkyl halides is 1. The Morgan fingerprint density at radius 1 is 1.31 bits per heavy atom. The van der Waals surface area contributed by atoms with E-state index in [9.17, 15) is 4.79 Å². The van der Waals surface area contributed by atoms with Crippen molar-refractivity contribution >= 4 is 21.8 Å². The molecular formula is C13H18BrNO. The van der Waals surface area contributed by atoms with Gasteiger partial charge in [0.25, 0.3) is 0 Å². The van der Waals surface area contributed by atoms with Crippen molar-refractivity contribution in [2.75, 3.05) is 11.9 Å². The predicted octanol–water partition coefficient (Wildman–Crippen LogP) is 3.08. The van der Waals surface area contributed by atoms with Crippen LogP contribution in [0.15, 0.2) is 30.3 Å². The molecule has 0 fully saturated rings. The highest BCUT2D eigenvalue weighted by molar-refractivity contribution is 9.09. The number of nitrogens with one attached hydrogen (secondary N) is 1. The molecule has 1 aromatic rings. The summed E-state index contributed by atoms with van der Waals surface area (Å²) in [5.74, 6) is 0.0472. The Morgan fingerprint density at radius 2 is 2.00 bits per heavy atom. The fourth-order valence-electron chi connectivity index (χ4n) is 1.48. The zero-order valence-electron chi connectivity index (χ0n) is 9.58. The molecule has 0 aromatic heterocycles. The SMILES string of the molecule is CC(C(=O)NCCCCBr)c1ccccc1. The maximum absolute atomic E-state index is 11.8. The molecule has 0 aliphatic carbocycles. The summed E-state index contributed by atoms with van der Waals surface area (Å²) < 4.78 is 0. The van der Waals surface area contributed by atoms with Crippen LogP contribution < -0.4 is 5.32 Å². The lowest BCUT2D eigenvalue weighted by Crippen LogP contribution is -2.28. The van der Waals surface area contributed by atoms with Gasteiger partial charge < -0.3 is 5.32 Å². The second-order valence-corrected chi connectivity index (χ2v) is 4.61. The highest BCUT2D eigenvalue weighted by Gasteiger charge is 2.13. The Kier molecular flexibility index (Phi) is 6.16. The first-order valence-electron chi connectivity index (χ1n) is 5.64. The second-order valence-electron chi connectivity index (χ2n) is 3.82. The highest BCUT2D eigenvalue weighted by Crippen LogP contribution is 2.14. The van der Waals surface area contributed by atoms with Crippen molar-refractivity contribution in [3.8, 4) is 0 Å². The van der Waals surface area contributed by atoms with Crippen molar-refractivity contribution in [1.29, 1.82) is 0 Å². The van der Waals surface area contributed by atoms with Gasteiger partial charge in [-0.25, -0.2) is 0 Å². The van der Waals surface area contributed by atoms with Gasteiger partial charge in [-0.3, -0.25) is 4.79 Å². The van der Waals surface area contributed by atoms with Crippen LogP contribution >= 0.6 is 15.9 Å². The predicted molar refractivity (Wildman–Crippen MR) is 70.9 cm³/mol. The molecule has 0 radical (unpaired) electrons. The smallest absolute Gasteiger partial charge is 0.227 e. The monoisotopic (exact) mass is 283 g/mol. The lowest BCUT2D eigenvalue weighted by Gasteiger charge is -2.12. The van der Waals surface area contributed by atoms with E-state index in [1.54, 1.807) is 0 Å². The summed E-state index contributed by atoms with van der Waals surface area (Å²) >= 11 is 3.37. The summed E-state index contributed by atoms with van der Waals surface area (Å²) in [6.45, 7) is 2.71. The number of hydrogen-bond acceptors (Lipinski definition) is 1. The number of amides is 1. The molecule has 0 spiro atoms. The first-order valence-corrected chi connectivity index (χ1v) is 6.76. The van der Waals surface area contributed by atoms with E-state index in [1.165, 1.54) is 0 Å². The number of halogens is 1. The van der Waals surface area contributed by atoms with Gasteiger partial charge in [-0.1, -0.05) is 46.3 Å². The molecule has 1 aromatic carbocycles. The maximum Gasteiger partial charge on any atom is 0.227 e. The van der Waals surface area contributed by atoms with Crippen LogP contribution in [0.5, 0.6) is 0 Å². The third-order valence-corrected chi connectivity index (χ3v) is 3.11. The lowest BCUT2D eigenvalue weighted by molar-refractivity contribution is -0.122. The maximum atomic E-state index is 11.8. The van der Waals surface area contributed by atoms with Gasteiger partial charge in [0, 0.05) is 11.9 Å². The van der Waals surface area contributed by atoms with E-state index in [-0.39, 0.29) is 11.8 Å². The van der Waals surface area contributed by atoms with E-state index in [0.717, 1.165) is 30.3 Å². The van der Waals surface area contributed by atoms with E-state index in [1.807, 2.05) is 37.3 Å². The van der Waals surface area contributed by atoms with Gasteiger partial charge in [-0.05, 0) is 25.3 Å². The Labute approximate surface area is 106 Å². The number of benzene rings is 1. The van der Waals surface area contributed by atoms with Crippen molar-refractivity contribution in [3.05, 3.63) is 35.9 Å². The summed E-state index contributed by atoms with van der Waals surface area (Å²) in [4.78, 5) is 11.8. The zero-order valence-corrected chi connectivity index (χ0v) is 11.2. The van der Waals surface area contributed by atoms with Crippen LogP contribution in [0.4, 0.5) is 0 Å². The molecule has 0 saturated carbocycles. The average molecular weight is 284 g/mol. The summed E-state index contributed by atoms with van der Waals surface area (Å²) in [6.07, 6.45) is 2.12. The topological polar surface area (TPSA) is 29.1 Å². The number of unbranched alkanes of at least 4 members (excludes halogenated alkanes) is 1. The van der Waals surface area contributed by atoms with Crippen LogP contribution in [0, 0.1) is 0 Å². The van der Waals surface area contributed by atoms with Gasteiger partial charge in [0.05, 0.1) is 5.92 Å². The summed E-state index contributed by atoms with van der Waals surface area (Å²) in [5.41, 5.74) is 1.07. The molecule has 16 heavy (non-hydrogen) atoms. The van der Waals surface area contributed by atoms with Crippen LogP contribution in [0.1, 0.15) is 31.2 Å². The van der Waals surface area contributed by atoms with Crippen LogP contribution in [-0.4, -0.2) is 17.8 Å². The second kappa shape index (κ2) is 7.44. The molecule has 0 aliphatic rings. The molecule has 1 amide bonds. The molecule has 0 saturated heterocycles. The van der Waals surface area contributed by atoms with Crippen molar-refractivity contribution in [1.82, 2.24) is 5.32 Å². The third kappa shape index (κ3) is 4.35. The first-order chi connectivity index (χ1) is 7.75. The Morgan fingerprint density at radius 3 is 2.62 bits per heavy atom. The number of hydrogen-bond donors (Lipinski definition) is 1. The van der Waals surface area contributed by atoms with Gasteiger partial charge >= 0.3 is 0 Å².